The van der Waals surface area contributed by atoms with E-state index >= 15 is 0 Å². The maximum Gasteiger partial charge on any atom is 0.325 e. The Morgan fingerprint density at radius 1 is 1.28 bits per heavy atom. The summed E-state index contributed by atoms with van der Waals surface area (Å²) in [6, 6.07) is 14.8. The van der Waals surface area contributed by atoms with Crippen molar-refractivity contribution in [3.05, 3.63) is 69.5 Å². The monoisotopic (exact) mass is 427 g/mol. The van der Waals surface area contributed by atoms with Gasteiger partial charge in [-0.25, -0.2) is 4.90 Å². The van der Waals surface area contributed by atoms with Gasteiger partial charge in [-0.3, -0.25) is 14.6 Å². The van der Waals surface area contributed by atoms with Crippen LogP contribution in [0.4, 0.5) is 5.69 Å². The second kappa shape index (κ2) is 8.00. The Hall–Kier alpha value is -2.64. The van der Waals surface area contributed by atoms with Gasteiger partial charge in [0.2, 0.25) is 11.1 Å². The van der Waals surface area contributed by atoms with Crippen LogP contribution in [0.3, 0.4) is 0 Å². The number of thioether (sulfide) groups is 1. The van der Waals surface area contributed by atoms with Crippen LogP contribution in [0.2, 0.25) is 5.02 Å². The van der Waals surface area contributed by atoms with Crippen molar-refractivity contribution in [1.29, 1.82) is 0 Å². The Morgan fingerprint density at radius 3 is 2.79 bits per heavy atom. The molecule has 6 nitrogen and oxygen atoms in total. The van der Waals surface area contributed by atoms with E-state index in [2.05, 4.69) is 10.1 Å². The maximum absolute atomic E-state index is 13.2. The first-order chi connectivity index (χ1) is 14.0. The average Bonchev–Trinajstić information content (AvgIpc) is 2.72. The average molecular weight is 428 g/mol. The highest BCUT2D eigenvalue weighted by Crippen LogP contribution is 2.38. The summed E-state index contributed by atoms with van der Waals surface area (Å²) in [4.78, 5) is 30.8. The van der Waals surface area contributed by atoms with Crippen molar-refractivity contribution in [2.24, 2.45) is 0 Å². The molecule has 1 aromatic heterocycles. The molecule has 0 saturated heterocycles. The fourth-order valence-corrected chi connectivity index (χ4v) is 4.20. The number of hydrogen-bond donors (Lipinski definition) is 1. The quantitative estimate of drug-likeness (QED) is 0.508. The molecule has 2 aromatic carbocycles. The summed E-state index contributed by atoms with van der Waals surface area (Å²) < 4.78 is 1.65. The molecule has 1 aliphatic rings. The van der Waals surface area contributed by atoms with Gasteiger partial charge in [-0.05, 0) is 41.6 Å². The van der Waals surface area contributed by atoms with Crippen LogP contribution in [0.15, 0.2) is 58.5 Å². The van der Waals surface area contributed by atoms with E-state index in [1.54, 1.807) is 15.6 Å². The summed E-state index contributed by atoms with van der Waals surface area (Å²) in [7, 11) is 0. The minimum Gasteiger partial charge on any atom is -0.291 e. The molecule has 0 fully saturated rings. The van der Waals surface area contributed by atoms with Crippen LogP contribution in [0, 0.1) is 0 Å². The fourth-order valence-electron chi connectivity index (χ4n) is 3.64. The van der Waals surface area contributed by atoms with Crippen molar-refractivity contribution in [2.75, 3.05) is 11.2 Å². The molecule has 0 spiro atoms. The van der Waals surface area contributed by atoms with Gasteiger partial charge in [0.05, 0.1) is 11.3 Å². The van der Waals surface area contributed by atoms with Gasteiger partial charge in [0.25, 0.3) is 6.17 Å². The largest absolute Gasteiger partial charge is 0.325 e. The molecule has 0 unspecified atom stereocenters. The number of aromatic nitrogens is 3. The van der Waals surface area contributed by atoms with Crippen LogP contribution in [0.1, 0.15) is 31.5 Å². The number of fused-ring (bicyclic) bond motifs is 3. The zero-order valence-corrected chi connectivity index (χ0v) is 17.6. The summed E-state index contributed by atoms with van der Waals surface area (Å²) in [6.07, 6.45) is 2.35. The number of aromatic amines is 1. The SMILES string of the molecule is CCCC(=O)N1c2ccccc2-c2c(=O)[nH]c(SC)n[n+]2[C@H]1c1cccc(Cl)c1. The molecule has 1 aliphatic heterocycles. The molecule has 29 heavy (non-hydrogen) atoms. The Kier molecular flexibility index (Phi) is 5.43. The van der Waals surface area contributed by atoms with E-state index < -0.39 is 6.17 Å². The highest BCUT2D eigenvalue weighted by Gasteiger charge is 2.45. The van der Waals surface area contributed by atoms with Gasteiger partial charge in [-0.15, -0.1) is 0 Å². The normalized spacial score (nSPS) is 15.0. The molecule has 8 heteroatoms. The van der Waals surface area contributed by atoms with Gasteiger partial charge < -0.3 is 0 Å². The molecular formula is C21H20ClN4O2S+. The van der Waals surface area contributed by atoms with Crippen molar-refractivity contribution in [2.45, 2.75) is 31.1 Å². The van der Waals surface area contributed by atoms with Gasteiger partial charge in [-0.1, -0.05) is 54.6 Å². The van der Waals surface area contributed by atoms with Crippen molar-refractivity contribution in [1.82, 2.24) is 10.1 Å². The molecule has 0 bridgehead atoms. The number of nitrogens with zero attached hydrogens (tertiary/aromatic N) is 3. The highest BCUT2D eigenvalue weighted by atomic mass is 35.5. The van der Waals surface area contributed by atoms with Gasteiger partial charge in [0.1, 0.15) is 0 Å². The van der Waals surface area contributed by atoms with Crippen molar-refractivity contribution in [3.8, 4) is 11.3 Å². The topological polar surface area (TPSA) is 69.9 Å². The van der Waals surface area contributed by atoms with Crippen LogP contribution < -0.4 is 15.1 Å². The summed E-state index contributed by atoms with van der Waals surface area (Å²) >= 11 is 7.60. The maximum atomic E-state index is 13.2. The van der Waals surface area contributed by atoms with Crippen LogP contribution >= 0.6 is 23.4 Å². The Morgan fingerprint density at radius 2 is 2.07 bits per heavy atom. The number of H-pyrrole nitrogens is 1. The third kappa shape index (κ3) is 3.45. The molecule has 148 valence electrons. The zero-order chi connectivity index (χ0) is 20.5. The minimum absolute atomic E-state index is 0.0316. The van der Waals surface area contributed by atoms with Crippen molar-refractivity contribution < 1.29 is 9.48 Å². The lowest BCUT2D eigenvalue weighted by Gasteiger charge is -2.32. The van der Waals surface area contributed by atoms with Crippen molar-refractivity contribution in [3.63, 3.8) is 0 Å². The van der Waals surface area contributed by atoms with Crippen molar-refractivity contribution >= 4 is 35.0 Å². The van der Waals surface area contributed by atoms with Gasteiger partial charge in [-0.2, -0.15) is 0 Å². The van der Waals surface area contributed by atoms with Gasteiger partial charge in [0, 0.05) is 22.1 Å². The van der Waals surface area contributed by atoms with Gasteiger partial charge >= 0.3 is 11.3 Å². The third-order valence-electron chi connectivity index (χ3n) is 4.83. The molecule has 1 N–H and O–H groups in total. The first kappa shape index (κ1) is 19.7. The smallest absolute Gasteiger partial charge is 0.291 e. The second-order valence-corrected chi connectivity index (χ2v) is 7.95. The zero-order valence-electron chi connectivity index (χ0n) is 16.1. The summed E-state index contributed by atoms with van der Waals surface area (Å²) in [5.41, 5.74) is 2.33. The minimum atomic E-state index is -0.606. The summed E-state index contributed by atoms with van der Waals surface area (Å²) in [5, 5.41) is 5.70. The van der Waals surface area contributed by atoms with E-state index in [4.69, 9.17) is 11.6 Å². The number of carbonyl (C=O) groups is 1. The van der Waals surface area contributed by atoms with Crippen LogP contribution in [-0.4, -0.2) is 22.2 Å². The molecule has 1 amide bonds. The lowest BCUT2D eigenvalue weighted by molar-refractivity contribution is -0.763. The number of anilines is 1. The highest BCUT2D eigenvalue weighted by molar-refractivity contribution is 7.98. The standard InChI is InChI=1S/C21H19ClN4O2S/c1-3-7-17(27)25-16-11-5-4-10-15(16)18-19(28)23-21(29-2)24-26(18)20(25)13-8-6-9-14(22)12-13/h4-6,8-12,20H,3,7H2,1-2H3/p+1/t20-/m0/s1. The number of para-hydroxylation sites is 1. The van der Waals surface area contributed by atoms with Crippen LogP contribution in [0.5, 0.6) is 0 Å². The lowest BCUT2D eigenvalue weighted by atomic mass is 10.0. The van der Waals surface area contributed by atoms with E-state index in [1.807, 2.05) is 55.6 Å². The Balaban J connectivity index is 2.07. The molecule has 0 radical (unpaired) electrons. The molecular weight excluding hydrogens is 408 g/mol. The number of amides is 1. The summed E-state index contributed by atoms with van der Waals surface area (Å²) in [5.74, 6) is -0.0316. The lowest BCUT2D eigenvalue weighted by Crippen LogP contribution is -2.60. The predicted molar refractivity (Wildman–Crippen MR) is 114 cm³/mol. The predicted octanol–water partition coefficient (Wildman–Crippen LogP) is 3.79. The second-order valence-electron chi connectivity index (χ2n) is 6.72. The summed E-state index contributed by atoms with van der Waals surface area (Å²) in [6.45, 7) is 1.97. The van der Waals surface area contributed by atoms with Gasteiger partial charge in [0.15, 0.2) is 0 Å². The van der Waals surface area contributed by atoms with E-state index in [-0.39, 0.29) is 11.5 Å². The molecule has 0 saturated carbocycles. The Labute approximate surface area is 177 Å². The number of hydrogen-bond acceptors (Lipinski definition) is 4. The van der Waals surface area contributed by atoms with Crippen LogP contribution in [0.25, 0.3) is 11.3 Å². The molecule has 2 heterocycles. The Bertz CT molecular complexity index is 1150. The molecule has 4 rings (SSSR count). The third-order valence-corrected chi connectivity index (χ3v) is 5.64. The molecule has 1 atom stereocenters. The number of nitrogens with one attached hydrogen (secondary N) is 1. The van der Waals surface area contributed by atoms with Crippen LogP contribution in [-0.2, 0) is 4.79 Å². The van der Waals surface area contributed by atoms with E-state index in [0.717, 1.165) is 12.0 Å². The number of halogens is 1. The number of carbonyl (C=O) groups excluding carboxylic acids is 1. The number of rotatable bonds is 4. The molecule has 0 aliphatic carbocycles. The number of benzene rings is 2. The first-order valence-corrected chi connectivity index (χ1v) is 10.9. The fraction of sp³-hybridized carbons (Fsp3) is 0.238. The van der Waals surface area contributed by atoms with E-state index in [9.17, 15) is 9.59 Å². The first-order valence-electron chi connectivity index (χ1n) is 9.32. The molecule has 3 aromatic rings. The van der Waals surface area contributed by atoms with E-state index in [1.165, 1.54) is 11.8 Å². The van der Waals surface area contributed by atoms with E-state index in [0.29, 0.717) is 33.5 Å².